The molecular weight excluding hydrogens is 392 g/mol. The number of hydrogen-bond donors (Lipinski definition) is 2. The second-order valence-corrected chi connectivity index (χ2v) is 8.81. The maximum Gasteiger partial charge on any atom is 0.224 e. The Balaban J connectivity index is 1.22. The molecule has 2 fully saturated rings. The van der Waals surface area contributed by atoms with Gasteiger partial charge in [-0.15, -0.1) is 10.2 Å². The van der Waals surface area contributed by atoms with E-state index in [4.69, 9.17) is 4.98 Å². The molecule has 2 N–H and O–H groups in total. The molecule has 31 heavy (non-hydrogen) atoms. The molecule has 4 aromatic heterocycles. The van der Waals surface area contributed by atoms with Crippen molar-refractivity contribution in [3.8, 4) is 11.1 Å². The van der Waals surface area contributed by atoms with E-state index < -0.39 is 0 Å². The van der Waals surface area contributed by atoms with Crippen LogP contribution in [0.3, 0.4) is 0 Å². The van der Waals surface area contributed by atoms with Crippen molar-refractivity contribution in [2.24, 2.45) is 11.8 Å². The molecule has 1 aliphatic heterocycles. The first-order valence-corrected chi connectivity index (χ1v) is 10.7. The molecule has 0 unspecified atom stereocenters. The number of anilines is 1. The number of H-pyrrole nitrogens is 1. The van der Waals surface area contributed by atoms with Gasteiger partial charge in [0.15, 0.2) is 5.65 Å². The van der Waals surface area contributed by atoms with Crippen LogP contribution in [0, 0.1) is 18.8 Å². The number of aromatic nitrogens is 6. The average Bonchev–Trinajstić information content (AvgIpc) is 3.50. The first kappa shape index (κ1) is 18.3. The smallest absolute Gasteiger partial charge is 0.224 e. The van der Waals surface area contributed by atoms with Gasteiger partial charge in [0.2, 0.25) is 11.9 Å². The van der Waals surface area contributed by atoms with Crippen molar-refractivity contribution < 1.29 is 4.79 Å². The van der Waals surface area contributed by atoms with Gasteiger partial charge in [0.1, 0.15) is 11.5 Å². The van der Waals surface area contributed by atoms with Crippen molar-refractivity contribution in [1.82, 2.24) is 34.4 Å². The van der Waals surface area contributed by atoms with E-state index in [-0.39, 0.29) is 5.91 Å². The highest BCUT2D eigenvalue weighted by Gasteiger charge is 2.41. The summed E-state index contributed by atoms with van der Waals surface area (Å²) in [7, 11) is 0. The van der Waals surface area contributed by atoms with Crippen LogP contribution in [0.5, 0.6) is 0 Å². The van der Waals surface area contributed by atoms with E-state index in [1.165, 1.54) is 0 Å². The fraction of sp³-hybridized carbons (Fsp3) is 0.409. The Labute approximate surface area is 178 Å². The van der Waals surface area contributed by atoms with Crippen LogP contribution < -0.4 is 5.32 Å². The summed E-state index contributed by atoms with van der Waals surface area (Å²) in [4.78, 5) is 26.2. The third-order valence-corrected chi connectivity index (χ3v) is 6.85. The average molecular weight is 416 g/mol. The zero-order chi connectivity index (χ0) is 21.1. The second-order valence-electron chi connectivity index (χ2n) is 8.81. The molecule has 1 amide bonds. The lowest BCUT2D eigenvalue weighted by molar-refractivity contribution is -0.128. The highest BCUT2D eigenvalue weighted by molar-refractivity contribution is 5.93. The number of hydrogen-bond acceptors (Lipinski definition) is 6. The minimum absolute atomic E-state index is 0.189. The molecule has 0 spiro atoms. The largest absolute Gasteiger partial charge is 0.351 e. The number of rotatable bonds is 3. The monoisotopic (exact) mass is 416 g/mol. The third-order valence-electron chi connectivity index (χ3n) is 6.85. The van der Waals surface area contributed by atoms with Gasteiger partial charge in [-0.3, -0.25) is 9.20 Å². The van der Waals surface area contributed by atoms with Gasteiger partial charge in [0.05, 0.1) is 0 Å². The molecule has 1 aliphatic carbocycles. The molecule has 1 saturated carbocycles. The number of carbonyl (C=O) groups excluding carboxylic acids is 1. The lowest BCUT2D eigenvalue weighted by Gasteiger charge is -2.18. The van der Waals surface area contributed by atoms with E-state index in [1.54, 1.807) is 6.92 Å². The standard InChI is InChI=1S/C22H24N8O/c1-12-27-28-20-4-3-14(11-30(12)20)18-7-23-21-19(18)8-24-22(26-21)25-17-5-15-9-29(13(2)31)10-16(15)6-17/h3-4,7-8,11,15-17H,5-6,9-10H2,1-2H3,(H2,23,24,25,26)/t15-,16+,17-. The zero-order valence-electron chi connectivity index (χ0n) is 17.5. The summed E-state index contributed by atoms with van der Waals surface area (Å²) in [6.07, 6.45) is 8.02. The summed E-state index contributed by atoms with van der Waals surface area (Å²) in [5, 5.41) is 12.8. The van der Waals surface area contributed by atoms with E-state index >= 15 is 0 Å². The number of pyridine rings is 1. The topological polar surface area (TPSA) is 104 Å². The summed E-state index contributed by atoms with van der Waals surface area (Å²) in [6.45, 7) is 5.37. The van der Waals surface area contributed by atoms with Gasteiger partial charge in [-0.25, -0.2) is 4.98 Å². The Morgan fingerprint density at radius 1 is 1.19 bits per heavy atom. The predicted molar refractivity (Wildman–Crippen MR) is 116 cm³/mol. The molecule has 3 atom stereocenters. The Morgan fingerprint density at radius 2 is 2.00 bits per heavy atom. The van der Waals surface area contributed by atoms with Gasteiger partial charge in [0.25, 0.3) is 0 Å². The number of nitrogens with zero attached hydrogens (tertiary/aromatic N) is 6. The molecule has 0 aromatic carbocycles. The number of nitrogens with one attached hydrogen (secondary N) is 2. The number of carbonyl (C=O) groups is 1. The van der Waals surface area contributed by atoms with E-state index in [0.717, 1.165) is 59.6 Å². The summed E-state index contributed by atoms with van der Waals surface area (Å²) in [6, 6.07) is 4.37. The number of aryl methyl sites for hydroxylation is 1. The SMILES string of the molecule is CC(=O)N1C[C@H]2C[C@@H](Nc3ncc4c(-c5ccc6nnc(C)n6c5)c[nH]c4n3)C[C@H]2C1. The normalized spacial score (nSPS) is 23.0. The summed E-state index contributed by atoms with van der Waals surface area (Å²) in [5.41, 5.74) is 3.76. The van der Waals surface area contributed by atoms with Crippen molar-refractivity contribution in [1.29, 1.82) is 0 Å². The van der Waals surface area contributed by atoms with Crippen LogP contribution in [0.1, 0.15) is 25.6 Å². The highest BCUT2D eigenvalue weighted by Crippen LogP contribution is 2.39. The molecule has 9 nitrogen and oxygen atoms in total. The lowest BCUT2D eigenvalue weighted by atomic mass is 10.0. The first-order valence-electron chi connectivity index (χ1n) is 10.7. The Kier molecular flexibility index (Phi) is 3.99. The summed E-state index contributed by atoms with van der Waals surface area (Å²) < 4.78 is 1.98. The molecular formula is C22H24N8O. The zero-order valence-corrected chi connectivity index (χ0v) is 17.5. The van der Waals surface area contributed by atoms with Crippen LogP contribution in [0.25, 0.3) is 27.8 Å². The Morgan fingerprint density at radius 3 is 2.77 bits per heavy atom. The molecule has 1 saturated heterocycles. The fourth-order valence-electron chi connectivity index (χ4n) is 5.24. The summed E-state index contributed by atoms with van der Waals surface area (Å²) >= 11 is 0. The van der Waals surface area contributed by atoms with Crippen molar-refractivity contribution in [2.75, 3.05) is 18.4 Å². The number of amides is 1. The van der Waals surface area contributed by atoms with Gasteiger partial charge in [-0.05, 0) is 43.7 Å². The van der Waals surface area contributed by atoms with Gasteiger partial charge in [-0.1, -0.05) is 0 Å². The molecule has 0 bridgehead atoms. The minimum atomic E-state index is 0.189. The molecule has 9 heteroatoms. The van der Waals surface area contributed by atoms with Crippen molar-refractivity contribution >= 4 is 28.5 Å². The van der Waals surface area contributed by atoms with E-state index in [2.05, 4.69) is 25.5 Å². The maximum atomic E-state index is 11.6. The van der Waals surface area contributed by atoms with Gasteiger partial charge >= 0.3 is 0 Å². The molecule has 0 radical (unpaired) electrons. The number of likely N-dealkylation sites (tertiary alicyclic amines) is 1. The quantitative estimate of drug-likeness (QED) is 0.532. The van der Waals surface area contributed by atoms with Crippen LogP contribution >= 0.6 is 0 Å². The van der Waals surface area contributed by atoms with Crippen molar-refractivity contribution in [3.05, 3.63) is 36.5 Å². The third kappa shape index (κ3) is 3.03. The molecule has 5 heterocycles. The van der Waals surface area contributed by atoms with Gasteiger partial charge < -0.3 is 15.2 Å². The van der Waals surface area contributed by atoms with Crippen molar-refractivity contribution in [2.45, 2.75) is 32.7 Å². The summed E-state index contributed by atoms with van der Waals surface area (Å²) in [5.74, 6) is 2.86. The van der Waals surface area contributed by atoms with E-state index in [1.807, 2.05) is 46.9 Å². The second kappa shape index (κ2) is 6.76. The van der Waals surface area contributed by atoms with Crippen LogP contribution in [0.4, 0.5) is 5.95 Å². The molecule has 2 aliphatic rings. The molecule has 4 aromatic rings. The molecule has 158 valence electrons. The minimum Gasteiger partial charge on any atom is -0.351 e. The maximum absolute atomic E-state index is 11.6. The number of aromatic amines is 1. The van der Waals surface area contributed by atoms with Crippen molar-refractivity contribution in [3.63, 3.8) is 0 Å². The Bertz CT molecular complexity index is 1290. The Hall–Kier alpha value is -3.49. The highest BCUT2D eigenvalue weighted by atomic mass is 16.2. The van der Waals surface area contributed by atoms with E-state index in [9.17, 15) is 4.79 Å². The lowest BCUT2D eigenvalue weighted by Crippen LogP contribution is -2.29. The van der Waals surface area contributed by atoms with Gasteiger partial charge in [0, 0.05) is 61.2 Å². The predicted octanol–water partition coefficient (Wildman–Crippen LogP) is 2.64. The van der Waals surface area contributed by atoms with Crippen LogP contribution in [0.15, 0.2) is 30.7 Å². The first-order chi connectivity index (χ1) is 15.0. The molecule has 6 rings (SSSR count). The fourth-order valence-corrected chi connectivity index (χ4v) is 5.24. The number of fused-ring (bicyclic) bond motifs is 3. The van der Waals surface area contributed by atoms with Crippen LogP contribution in [0.2, 0.25) is 0 Å². The van der Waals surface area contributed by atoms with Crippen LogP contribution in [-0.2, 0) is 4.79 Å². The van der Waals surface area contributed by atoms with Crippen LogP contribution in [-0.4, -0.2) is 59.5 Å². The van der Waals surface area contributed by atoms with Gasteiger partial charge in [-0.2, -0.15) is 4.98 Å². The van der Waals surface area contributed by atoms with E-state index in [0.29, 0.717) is 23.8 Å².